The van der Waals surface area contributed by atoms with Gasteiger partial charge in [-0.3, -0.25) is 9.59 Å². The summed E-state index contributed by atoms with van der Waals surface area (Å²) in [6.45, 7) is 1.95. The molecule has 4 atom stereocenters. The monoisotopic (exact) mass is 255 g/mol. The zero-order valence-corrected chi connectivity index (χ0v) is 10.4. The molecule has 3 aliphatic heterocycles. The second-order valence-corrected chi connectivity index (χ2v) is 5.35. The maximum atomic E-state index is 12.5. The topological polar surface area (TPSA) is 46.6 Å². The molecule has 2 saturated heterocycles. The minimum Gasteiger partial charge on any atom is -0.365 e. The van der Waals surface area contributed by atoms with E-state index in [1.54, 1.807) is 6.07 Å². The van der Waals surface area contributed by atoms with E-state index in [-0.39, 0.29) is 35.9 Å². The van der Waals surface area contributed by atoms with Crippen LogP contribution in [0, 0.1) is 18.8 Å². The molecule has 2 bridgehead atoms. The second kappa shape index (κ2) is 3.54. The Morgan fingerprint density at radius 3 is 2.26 bits per heavy atom. The van der Waals surface area contributed by atoms with E-state index in [9.17, 15) is 9.59 Å². The molecule has 4 nitrogen and oxygen atoms in total. The number of carbonyl (C=O) groups excluding carboxylic acids is 2. The number of imide groups is 1. The standard InChI is InChI=1S/C15H13NO3/c1-8-3-2-4-9(7-8)16-14(17)12-10-5-6-11(19-10)13(12)15(16)18/h2-7,10-13H,1H3/t10-,11-,12-,13-/m0/s1. The molecule has 0 saturated carbocycles. The van der Waals surface area contributed by atoms with Crippen LogP contribution in [0.3, 0.4) is 0 Å². The van der Waals surface area contributed by atoms with Gasteiger partial charge in [0.05, 0.1) is 29.7 Å². The SMILES string of the molecule is Cc1cccc(N2C(=O)[C@@H]3[C@@H](C2=O)[C@@H]2C=C[C@@H]3O2)c1. The molecule has 0 spiro atoms. The van der Waals surface area contributed by atoms with Crippen LogP contribution < -0.4 is 4.90 Å². The van der Waals surface area contributed by atoms with E-state index in [0.717, 1.165) is 5.56 Å². The Morgan fingerprint density at radius 2 is 1.68 bits per heavy atom. The number of amides is 2. The summed E-state index contributed by atoms with van der Waals surface area (Å²) in [4.78, 5) is 26.3. The van der Waals surface area contributed by atoms with Crippen molar-refractivity contribution in [2.24, 2.45) is 11.8 Å². The quantitative estimate of drug-likeness (QED) is 0.563. The Balaban J connectivity index is 1.77. The van der Waals surface area contributed by atoms with Gasteiger partial charge in [-0.05, 0) is 24.6 Å². The molecular formula is C15H13NO3. The van der Waals surface area contributed by atoms with Gasteiger partial charge in [-0.1, -0.05) is 24.3 Å². The lowest BCUT2D eigenvalue weighted by molar-refractivity contribution is -0.124. The average Bonchev–Trinajstić information content (AvgIpc) is 3.04. The zero-order valence-electron chi connectivity index (χ0n) is 10.4. The molecule has 1 aromatic rings. The van der Waals surface area contributed by atoms with Crippen LogP contribution in [-0.2, 0) is 14.3 Å². The molecule has 19 heavy (non-hydrogen) atoms. The third kappa shape index (κ3) is 1.32. The number of hydrogen-bond donors (Lipinski definition) is 0. The number of hydrogen-bond acceptors (Lipinski definition) is 3. The number of ether oxygens (including phenoxy) is 1. The van der Waals surface area contributed by atoms with Gasteiger partial charge in [-0.25, -0.2) is 4.90 Å². The zero-order chi connectivity index (χ0) is 13.1. The number of nitrogens with zero attached hydrogens (tertiary/aromatic N) is 1. The fourth-order valence-electron chi connectivity index (χ4n) is 3.33. The van der Waals surface area contributed by atoms with Gasteiger partial charge < -0.3 is 4.74 Å². The molecule has 4 heteroatoms. The molecule has 0 radical (unpaired) electrons. The van der Waals surface area contributed by atoms with Crippen molar-refractivity contribution in [1.82, 2.24) is 0 Å². The Labute approximate surface area is 110 Å². The summed E-state index contributed by atoms with van der Waals surface area (Å²) in [7, 11) is 0. The van der Waals surface area contributed by atoms with Crippen molar-refractivity contribution >= 4 is 17.5 Å². The molecule has 3 aliphatic rings. The van der Waals surface area contributed by atoms with Crippen LogP contribution in [-0.4, -0.2) is 24.0 Å². The van der Waals surface area contributed by atoms with Crippen molar-refractivity contribution in [2.45, 2.75) is 19.1 Å². The van der Waals surface area contributed by atoms with Crippen molar-refractivity contribution in [2.75, 3.05) is 4.90 Å². The Morgan fingerprint density at radius 1 is 1.05 bits per heavy atom. The highest BCUT2D eigenvalue weighted by molar-refractivity contribution is 6.23. The number of rotatable bonds is 1. The molecule has 2 amide bonds. The summed E-state index contributed by atoms with van der Waals surface area (Å²) in [5.74, 6) is -0.916. The molecule has 0 aliphatic carbocycles. The van der Waals surface area contributed by atoms with Crippen molar-refractivity contribution in [3.8, 4) is 0 Å². The van der Waals surface area contributed by atoms with Gasteiger partial charge in [0, 0.05) is 0 Å². The minimum absolute atomic E-state index is 0.127. The fourth-order valence-corrected chi connectivity index (χ4v) is 3.33. The van der Waals surface area contributed by atoms with Crippen LogP contribution in [0.2, 0.25) is 0 Å². The van der Waals surface area contributed by atoms with Gasteiger partial charge in [0.2, 0.25) is 11.8 Å². The Bertz CT molecular complexity index is 592. The predicted molar refractivity (Wildman–Crippen MR) is 68.5 cm³/mol. The Kier molecular flexibility index (Phi) is 2.04. The van der Waals surface area contributed by atoms with Crippen molar-refractivity contribution in [3.05, 3.63) is 42.0 Å². The molecule has 0 N–H and O–H groups in total. The molecule has 0 unspecified atom stereocenters. The van der Waals surface area contributed by atoms with Gasteiger partial charge >= 0.3 is 0 Å². The fraction of sp³-hybridized carbons (Fsp3) is 0.333. The van der Waals surface area contributed by atoms with Crippen LogP contribution in [0.5, 0.6) is 0 Å². The van der Waals surface area contributed by atoms with E-state index in [4.69, 9.17) is 4.74 Å². The summed E-state index contributed by atoms with van der Waals surface area (Å²) < 4.78 is 5.61. The first-order chi connectivity index (χ1) is 9.16. The normalized spacial score (nSPS) is 35.3. The maximum absolute atomic E-state index is 12.5. The predicted octanol–water partition coefficient (Wildman–Crippen LogP) is 1.44. The van der Waals surface area contributed by atoms with Gasteiger partial charge in [0.15, 0.2) is 0 Å². The van der Waals surface area contributed by atoms with Gasteiger partial charge in [0.1, 0.15) is 0 Å². The highest BCUT2D eigenvalue weighted by Gasteiger charge is 2.60. The third-order valence-corrected chi connectivity index (χ3v) is 4.17. The minimum atomic E-state index is -0.331. The third-order valence-electron chi connectivity index (χ3n) is 4.17. The number of benzene rings is 1. The maximum Gasteiger partial charge on any atom is 0.240 e. The molecule has 4 rings (SSSR count). The first-order valence-corrected chi connectivity index (χ1v) is 6.45. The number of anilines is 1. The highest BCUT2D eigenvalue weighted by Crippen LogP contribution is 2.46. The van der Waals surface area contributed by atoms with E-state index in [1.165, 1.54) is 4.90 Å². The second-order valence-electron chi connectivity index (χ2n) is 5.35. The molecule has 0 aromatic heterocycles. The number of carbonyl (C=O) groups is 2. The largest absolute Gasteiger partial charge is 0.365 e. The molecule has 3 heterocycles. The molecule has 1 aromatic carbocycles. The smallest absolute Gasteiger partial charge is 0.240 e. The van der Waals surface area contributed by atoms with Crippen molar-refractivity contribution in [3.63, 3.8) is 0 Å². The summed E-state index contributed by atoms with van der Waals surface area (Å²) >= 11 is 0. The Hall–Kier alpha value is -1.94. The molecular weight excluding hydrogens is 242 g/mol. The lowest BCUT2D eigenvalue weighted by Gasteiger charge is -2.17. The van der Waals surface area contributed by atoms with Crippen LogP contribution in [0.4, 0.5) is 5.69 Å². The van der Waals surface area contributed by atoms with Crippen LogP contribution in [0.15, 0.2) is 36.4 Å². The molecule has 2 fully saturated rings. The molecule has 96 valence electrons. The van der Waals surface area contributed by atoms with Crippen LogP contribution >= 0.6 is 0 Å². The summed E-state index contributed by atoms with van der Waals surface area (Å²) in [6.07, 6.45) is 3.36. The summed E-state index contributed by atoms with van der Waals surface area (Å²) in [5, 5.41) is 0. The van der Waals surface area contributed by atoms with Gasteiger partial charge in [-0.2, -0.15) is 0 Å². The van der Waals surface area contributed by atoms with E-state index in [2.05, 4.69) is 0 Å². The summed E-state index contributed by atoms with van der Waals surface area (Å²) in [6, 6.07) is 7.49. The average molecular weight is 255 g/mol. The summed E-state index contributed by atoms with van der Waals surface area (Å²) in [5.41, 5.74) is 1.70. The highest BCUT2D eigenvalue weighted by atomic mass is 16.5. The number of fused-ring (bicyclic) bond motifs is 5. The lowest BCUT2D eigenvalue weighted by Crippen LogP contribution is -2.34. The van der Waals surface area contributed by atoms with E-state index < -0.39 is 0 Å². The van der Waals surface area contributed by atoms with E-state index in [1.807, 2.05) is 37.3 Å². The van der Waals surface area contributed by atoms with Crippen molar-refractivity contribution in [1.29, 1.82) is 0 Å². The van der Waals surface area contributed by atoms with E-state index in [0.29, 0.717) is 5.69 Å². The van der Waals surface area contributed by atoms with E-state index >= 15 is 0 Å². The van der Waals surface area contributed by atoms with Gasteiger partial charge in [0.25, 0.3) is 0 Å². The first-order valence-electron chi connectivity index (χ1n) is 6.45. The van der Waals surface area contributed by atoms with Crippen LogP contribution in [0.1, 0.15) is 5.56 Å². The first kappa shape index (κ1) is 10.9. The van der Waals surface area contributed by atoms with Crippen LogP contribution in [0.25, 0.3) is 0 Å². The van der Waals surface area contributed by atoms with Gasteiger partial charge in [-0.15, -0.1) is 0 Å². The lowest BCUT2D eigenvalue weighted by atomic mass is 9.85. The number of aryl methyl sites for hydroxylation is 1. The van der Waals surface area contributed by atoms with Crippen molar-refractivity contribution < 1.29 is 14.3 Å².